The molecule has 0 bridgehead atoms. The normalized spacial score (nSPS) is 15.9. The highest BCUT2D eigenvalue weighted by Gasteiger charge is 2.38. The van der Waals surface area contributed by atoms with Crippen LogP contribution in [0.2, 0.25) is 0 Å². The molecule has 6 heteroatoms. The van der Waals surface area contributed by atoms with E-state index in [1.807, 2.05) is 58.0 Å². The molecule has 1 unspecified atom stereocenters. The van der Waals surface area contributed by atoms with Gasteiger partial charge < -0.3 is 19.7 Å². The molecule has 25 heavy (non-hydrogen) atoms. The van der Waals surface area contributed by atoms with Gasteiger partial charge in [0.05, 0.1) is 0 Å². The van der Waals surface area contributed by atoms with Crippen molar-refractivity contribution in [2.75, 3.05) is 13.1 Å². The SMILES string of the molecule is CCC(NC(=O)OCc1ccccc1)C1CN(C(=O)OC(C)(C)C)C1. The molecule has 1 aromatic rings. The lowest BCUT2D eigenvalue weighted by atomic mass is 9.90. The van der Waals surface area contributed by atoms with Crippen LogP contribution in [-0.2, 0) is 16.1 Å². The third-order valence-corrected chi connectivity index (χ3v) is 4.09. The highest BCUT2D eigenvalue weighted by molar-refractivity contribution is 5.70. The van der Waals surface area contributed by atoms with Crippen LogP contribution in [0.1, 0.15) is 39.7 Å². The molecular weight excluding hydrogens is 320 g/mol. The summed E-state index contributed by atoms with van der Waals surface area (Å²) in [6.45, 7) is 8.98. The number of ether oxygens (including phenoxy) is 2. The van der Waals surface area contributed by atoms with Crippen molar-refractivity contribution in [1.82, 2.24) is 10.2 Å². The highest BCUT2D eigenvalue weighted by Crippen LogP contribution is 2.23. The molecule has 138 valence electrons. The van der Waals surface area contributed by atoms with Crippen LogP contribution in [0.3, 0.4) is 0 Å². The maximum absolute atomic E-state index is 12.0. The van der Waals surface area contributed by atoms with Gasteiger partial charge in [0.2, 0.25) is 0 Å². The lowest BCUT2D eigenvalue weighted by molar-refractivity contribution is -0.00699. The third kappa shape index (κ3) is 5.96. The average molecular weight is 348 g/mol. The van der Waals surface area contributed by atoms with Gasteiger partial charge in [-0.3, -0.25) is 0 Å². The Labute approximate surface area is 149 Å². The summed E-state index contributed by atoms with van der Waals surface area (Å²) in [4.78, 5) is 25.6. The quantitative estimate of drug-likeness (QED) is 0.883. The first kappa shape index (κ1) is 19.1. The van der Waals surface area contributed by atoms with Gasteiger partial charge in [0, 0.05) is 25.0 Å². The van der Waals surface area contributed by atoms with E-state index in [-0.39, 0.29) is 24.7 Å². The van der Waals surface area contributed by atoms with Crippen molar-refractivity contribution in [2.45, 2.75) is 52.4 Å². The van der Waals surface area contributed by atoms with Gasteiger partial charge in [-0.15, -0.1) is 0 Å². The molecule has 1 aliphatic heterocycles. The Bertz CT molecular complexity index is 577. The minimum atomic E-state index is -0.494. The molecule has 0 aromatic heterocycles. The Morgan fingerprint density at radius 3 is 2.44 bits per heavy atom. The number of carbonyl (C=O) groups is 2. The van der Waals surface area contributed by atoms with Crippen LogP contribution in [-0.4, -0.2) is 41.8 Å². The Balaban J connectivity index is 1.74. The molecule has 0 spiro atoms. The first-order valence-corrected chi connectivity index (χ1v) is 8.73. The Morgan fingerprint density at radius 2 is 1.88 bits per heavy atom. The van der Waals surface area contributed by atoms with Crippen molar-refractivity contribution >= 4 is 12.2 Å². The van der Waals surface area contributed by atoms with Crippen LogP contribution in [0.15, 0.2) is 30.3 Å². The van der Waals surface area contributed by atoms with Crippen molar-refractivity contribution in [3.05, 3.63) is 35.9 Å². The van der Waals surface area contributed by atoms with Crippen LogP contribution in [0, 0.1) is 5.92 Å². The van der Waals surface area contributed by atoms with Gasteiger partial charge in [0.15, 0.2) is 0 Å². The zero-order valence-electron chi connectivity index (χ0n) is 15.5. The summed E-state index contributed by atoms with van der Waals surface area (Å²) >= 11 is 0. The van der Waals surface area contributed by atoms with Gasteiger partial charge in [0.1, 0.15) is 12.2 Å². The predicted octanol–water partition coefficient (Wildman–Crippen LogP) is 3.56. The van der Waals surface area contributed by atoms with E-state index in [9.17, 15) is 9.59 Å². The fourth-order valence-corrected chi connectivity index (χ4v) is 2.71. The number of nitrogens with one attached hydrogen (secondary N) is 1. The Morgan fingerprint density at radius 1 is 1.24 bits per heavy atom. The summed E-state index contributed by atoms with van der Waals surface area (Å²) in [5.74, 6) is 0.224. The maximum atomic E-state index is 12.0. The van der Waals surface area contributed by atoms with E-state index in [1.54, 1.807) is 4.90 Å². The van der Waals surface area contributed by atoms with Gasteiger partial charge >= 0.3 is 12.2 Å². The number of carbonyl (C=O) groups excluding carboxylic acids is 2. The fraction of sp³-hybridized carbons (Fsp3) is 0.579. The molecule has 0 radical (unpaired) electrons. The molecule has 1 atom stereocenters. The molecular formula is C19H28N2O4. The van der Waals surface area contributed by atoms with Gasteiger partial charge in [-0.1, -0.05) is 37.3 Å². The Hall–Kier alpha value is -2.24. The van der Waals surface area contributed by atoms with E-state index in [1.165, 1.54) is 0 Å². The van der Waals surface area contributed by atoms with Crippen molar-refractivity contribution in [2.24, 2.45) is 5.92 Å². The number of likely N-dealkylation sites (tertiary alicyclic amines) is 1. The standard InChI is InChI=1S/C19H28N2O4/c1-5-16(15-11-21(12-15)18(23)25-19(2,3)4)20-17(22)24-13-14-9-7-6-8-10-14/h6-10,15-16H,5,11-13H2,1-4H3,(H,20,22). The minimum absolute atomic E-state index is 0.0121. The summed E-state index contributed by atoms with van der Waals surface area (Å²) in [6.07, 6.45) is 0.0597. The fourth-order valence-electron chi connectivity index (χ4n) is 2.71. The summed E-state index contributed by atoms with van der Waals surface area (Å²) in [7, 11) is 0. The zero-order valence-corrected chi connectivity index (χ0v) is 15.5. The molecule has 0 saturated carbocycles. The van der Waals surface area contributed by atoms with Crippen molar-refractivity contribution in [3.8, 4) is 0 Å². The number of amides is 2. The minimum Gasteiger partial charge on any atom is -0.445 e. The van der Waals surface area contributed by atoms with Gasteiger partial charge in [0.25, 0.3) is 0 Å². The predicted molar refractivity (Wildman–Crippen MR) is 95.1 cm³/mol. The number of hydrogen-bond acceptors (Lipinski definition) is 4. The molecule has 2 rings (SSSR count). The van der Waals surface area contributed by atoms with E-state index in [4.69, 9.17) is 9.47 Å². The van der Waals surface area contributed by atoms with Crippen LogP contribution in [0.25, 0.3) is 0 Å². The number of alkyl carbamates (subject to hydrolysis) is 1. The lowest BCUT2D eigenvalue weighted by Gasteiger charge is -2.43. The van der Waals surface area contributed by atoms with Crippen LogP contribution in [0.4, 0.5) is 9.59 Å². The van der Waals surface area contributed by atoms with E-state index >= 15 is 0 Å². The molecule has 1 aliphatic rings. The molecule has 1 fully saturated rings. The monoisotopic (exact) mass is 348 g/mol. The van der Waals surface area contributed by atoms with Crippen LogP contribution < -0.4 is 5.32 Å². The van der Waals surface area contributed by atoms with Crippen molar-refractivity contribution in [1.29, 1.82) is 0 Å². The number of hydrogen-bond donors (Lipinski definition) is 1. The summed E-state index contributed by atoms with van der Waals surface area (Å²) in [5.41, 5.74) is 0.455. The van der Waals surface area contributed by atoms with E-state index < -0.39 is 11.7 Å². The molecule has 1 N–H and O–H groups in total. The second-order valence-electron chi connectivity index (χ2n) is 7.37. The first-order valence-electron chi connectivity index (χ1n) is 8.73. The zero-order chi connectivity index (χ0) is 18.4. The lowest BCUT2D eigenvalue weighted by Crippen LogP contribution is -2.58. The van der Waals surface area contributed by atoms with E-state index in [2.05, 4.69) is 5.32 Å². The third-order valence-electron chi connectivity index (χ3n) is 4.09. The maximum Gasteiger partial charge on any atom is 0.410 e. The summed E-state index contributed by atoms with van der Waals surface area (Å²) < 4.78 is 10.6. The van der Waals surface area contributed by atoms with Crippen molar-refractivity contribution < 1.29 is 19.1 Å². The number of rotatable bonds is 5. The molecule has 1 heterocycles. The largest absolute Gasteiger partial charge is 0.445 e. The number of nitrogens with zero attached hydrogens (tertiary/aromatic N) is 1. The molecule has 1 aromatic carbocycles. The summed E-state index contributed by atoms with van der Waals surface area (Å²) in [6, 6.07) is 9.55. The van der Waals surface area contributed by atoms with Gasteiger partial charge in [-0.2, -0.15) is 0 Å². The van der Waals surface area contributed by atoms with E-state index in [0.717, 1.165) is 12.0 Å². The highest BCUT2D eigenvalue weighted by atomic mass is 16.6. The molecule has 0 aliphatic carbocycles. The topological polar surface area (TPSA) is 67.9 Å². The second kappa shape index (κ2) is 8.23. The first-order chi connectivity index (χ1) is 11.8. The van der Waals surface area contributed by atoms with Gasteiger partial charge in [-0.05, 0) is 32.8 Å². The Kier molecular flexibility index (Phi) is 6.28. The second-order valence-corrected chi connectivity index (χ2v) is 7.37. The van der Waals surface area contributed by atoms with Gasteiger partial charge in [-0.25, -0.2) is 9.59 Å². The van der Waals surface area contributed by atoms with Crippen molar-refractivity contribution in [3.63, 3.8) is 0 Å². The van der Waals surface area contributed by atoms with Crippen LogP contribution in [0.5, 0.6) is 0 Å². The van der Waals surface area contributed by atoms with Crippen LogP contribution >= 0.6 is 0 Å². The number of benzene rings is 1. The average Bonchev–Trinajstić information content (AvgIpc) is 2.49. The molecule has 1 saturated heterocycles. The molecule has 2 amide bonds. The molecule has 6 nitrogen and oxygen atoms in total. The smallest absolute Gasteiger partial charge is 0.410 e. The van der Waals surface area contributed by atoms with E-state index in [0.29, 0.717) is 13.1 Å². The summed E-state index contributed by atoms with van der Waals surface area (Å²) in [5, 5.41) is 2.91.